The lowest BCUT2D eigenvalue weighted by Crippen LogP contribution is -2.29. The molecule has 0 saturated heterocycles. The first-order valence-corrected chi connectivity index (χ1v) is 7.19. The van der Waals surface area contributed by atoms with Crippen molar-refractivity contribution in [3.05, 3.63) is 16.9 Å². The predicted octanol–water partition coefficient (Wildman–Crippen LogP) is 3.71. The molecular weight excluding hydrogens is 248 g/mol. The maximum absolute atomic E-state index is 10.8. The first-order chi connectivity index (χ1) is 8.46. The van der Waals surface area contributed by atoms with Gasteiger partial charge in [0.2, 0.25) is 0 Å². The van der Waals surface area contributed by atoms with Crippen molar-refractivity contribution in [1.82, 2.24) is 9.78 Å². The second-order valence-electron chi connectivity index (χ2n) is 6.07. The summed E-state index contributed by atoms with van der Waals surface area (Å²) in [6.07, 6.45) is 6.77. The van der Waals surface area contributed by atoms with Crippen LogP contribution in [0.2, 0.25) is 5.02 Å². The summed E-state index contributed by atoms with van der Waals surface area (Å²) in [5.41, 5.74) is 0.769. The molecule has 3 nitrogen and oxygen atoms in total. The highest BCUT2D eigenvalue weighted by Gasteiger charge is 2.43. The van der Waals surface area contributed by atoms with E-state index in [2.05, 4.69) is 18.9 Å². The third-order valence-corrected chi connectivity index (χ3v) is 4.48. The van der Waals surface area contributed by atoms with Crippen LogP contribution in [0.5, 0.6) is 0 Å². The zero-order valence-corrected chi connectivity index (χ0v) is 12.2. The largest absolute Gasteiger partial charge is 0.386 e. The smallest absolute Gasteiger partial charge is 0.103 e. The fourth-order valence-electron chi connectivity index (χ4n) is 3.50. The molecule has 1 heterocycles. The Morgan fingerprint density at radius 2 is 2.06 bits per heavy atom. The number of aromatic nitrogens is 2. The lowest BCUT2D eigenvalue weighted by molar-refractivity contribution is 0.00567. The van der Waals surface area contributed by atoms with Crippen LogP contribution in [-0.2, 0) is 7.05 Å². The Balaban J connectivity index is 2.31. The van der Waals surface area contributed by atoms with Gasteiger partial charge in [0.05, 0.1) is 16.9 Å². The van der Waals surface area contributed by atoms with Crippen molar-refractivity contribution < 1.29 is 5.11 Å². The fraction of sp³-hybridized carbons (Fsp3) is 0.786. The normalized spacial score (nSPS) is 20.6. The van der Waals surface area contributed by atoms with Crippen molar-refractivity contribution in [3.63, 3.8) is 0 Å². The average Bonchev–Trinajstić information content (AvgIpc) is 2.86. The number of aliphatic hydroxyl groups excluding tert-OH is 1. The number of hydrogen-bond acceptors (Lipinski definition) is 2. The molecule has 0 aliphatic heterocycles. The molecule has 1 atom stereocenters. The molecule has 1 unspecified atom stereocenters. The molecule has 0 radical (unpaired) electrons. The molecule has 1 aromatic heterocycles. The summed E-state index contributed by atoms with van der Waals surface area (Å²) in [6, 6.07) is 0. The van der Waals surface area contributed by atoms with Gasteiger partial charge in [0.15, 0.2) is 0 Å². The molecule has 0 bridgehead atoms. The van der Waals surface area contributed by atoms with Gasteiger partial charge in [0.1, 0.15) is 6.10 Å². The third-order valence-electron chi connectivity index (χ3n) is 4.19. The molecule has 18 heavy (non-hydrogen) atoms. The van der Waals surface area contributed by atoms with Gasteiger partial charge in [-0.05, 0) is 25.2 Å². The van der Waals surface area contributed by atoms with Crippen molar-refractivity contribution in [3.8, 4) is 0 Å². The minimum absolute atomic E-state index is 0.00833. The molecular formula is C14H23ClN2O. The highest BCUT2D eigenvalue weighted by atomic mass is 35.5. The quantitative estimate of drug-likeness (QED) is 0.906. The number of rotatable bonds is 4. The fourth-order valence-corrected chi connectivity index (χ4v) is 3.77. The maximum atomic E-state index is 10.8. The Kier molecular flexibility index (Phi) is 4.02. The molecule has 1 fully saturated rings. The highest BCUT2D eigenvalue weighted by molar-refractivity contribution is 6.31. The Hall–Kier alpha value is -0.540. The highest BCUT2D eigenvalue weighted by Crippen LogP contribution is 2.52. The minimum Gasteiger partial charge on any atom is -0.386 e. The van der Waals surface area contributed by atoms with Gasteiger partial charge in [-0.15, -0.1) is 0 Å². The molecule has 0 spiro atoms. The summed E-state index contributed by atoms with van der Waals surface area (Å²) in [6.45, 7) is 4.44. The van der Waals surface area contributed by atoms with E-state index in [0.717, 1.165) is 25.0 Å². The molecule has 1 aliphatic rings. The van der Waals surface area contributed by atoms with E-state index in [-0.39, 0.29) is 5.41 Å². The summed E-state index contributed by atoms with van der Waals surface area (Å²) >= 11 is 6.17. The molecule has 0 amide bonds. The van der Waals surface area contributed by atoms with Crippen LogP contribution in [0.15, 0.2) is 6.20 Å². The van der Waals surface area contributed by atoms with Gasteiger partial charge in [-0.3, -0.25) is 4.68 Å². The first-order valence-electron chi connectivity index (χ1n) is 6.82. The number of nitrogens with zero attached hydrogens (tertiary/aromatic N) is 2. The topological polar surface area (TPSA) is 38.1 Å². The Bertz CT molecular complexity index is 388. The maximum Gasteiger partial charge on any atom is 0.103 e. The number of hydrogen-bond donors (Lipinski definition) is 1. The van der Waals surface area contributed by atoms with E-state index < -0.39 is 6.10 Å². The van der Waals surface area contributed by atoms with E-state index in [0.29, 0.717) is 10.9 Å². The van der Waals surface area contributed by atoms with E-state index in [1.807, 2.05) is 7.05 Å². The van der Waals surface area contributed by atoms with E-state index in [9.17, 15) is 5.11 Å². The Morgan fingerprint density at radius 3 is 2.50 bits per heavy atom. The third kappa shape index (κ3) is 2.43. The van der Waals surface area contributed by atoms with Gasteiger partial charge >= 0.3 is 0 Å². The van der Waals surface area contributed by atoms with Crippen molar-refractivity contribution in [1.29, 1.82) is 0 Å². The summed E-state index contributed by atoms with van der Waals surface area (Å²) in [4.78, 5) is 0. The molecule has 1 N–H and O–H groups in total. The monoisotopic (exact) mass is 270 g/mol. The van der Waals surface area contributed by atoms with Crippen molar-refractivity contribution in [2.75, 3.05) is 0 Å². The SMILES string of the molecule is CC(C)CC1(C(O)c2c(Cl)cnn2C)CCCC1. The first kappa shape index (κ1) is 13.9. The number of aliphatic hydroxyl groups is 1. The lowest BCUT2D eigenvalue weighted by atomic mass is 9.73. The van der Waals surface area contributed by atoms with Gasteiger partial charge in [0, 0.05) is 12.5 Å². The van der Waals surface area contributed by atoms with Crippen LogP contribution in [-0.4, -0.2) is 14.9 Å². The number of halogens is 1. The molecule has 1 saturated carbocycles. The molecule has 2 rings (SSSR count). The van der Waals surface area contributed by atoms with E-state index in [4.69, 9.17) is 11.6 Å². The summed E-state index contributed by atoms with van der Waals surface area (Å²) < 4.78 is 1.72. The second kappa shape index (κ2) is 5.22. The zero-order valence-electron chi connectivity index (χ0n) is 11.5. The van der Waals surface area contributed by atoms with Crippen LogP contribution >= 0.6 is 11.6 Å². The van der Waals surface area contributed by atoms with Gasteiger partial charge in [0.25, 0.3) is 0 Å². The zero-order chi connectivity index (χ0) is 13.3. The molecule has 1 aliphatic carbocycles. The van der Waals surface area contributed by atoms with E-state index in [1.165, 1.54) is 12.8 Å². The van der Waals surface area contributed by atoms with E-state index >= 15 is 0 Å². The summed E-state index contributed by atoms with van der Waals surface area (Å²) in [7, 11) is 1.85. The van der Waals surface area contributed by atoms with Gasteiger partial charge < -0.3 is 5.11 Å². The predicted molar refractivity (Wildman–Crippen MR) is 73.5 cm³/mol. The van der Waals surface area contributed by atoms with Gasteiger partial charge in [-0.2, -0.15) is 5.10 Å². The Morgan fingerprint density at radius 1 is 1.44 bits per heavy atom. The molecule has 1 aromatic rings. The van der Waals surface area contributed by atoms with Crippen LogP contribution in [0.4, 0.5) is 0 Å². The van der Waals surface area contributed by atoms with Crippen LogP contribution in [0.25, 0.3) is 0 Å². The van der Waals surface area contributed by atoms with Crippen molar-refractivity contribution in [2.45, 2.75) is 52.1 Å². The molecule has 0 aromatic carbocycles. The summed E-state index contributed by atoms with van der Waals surface area (Å²) in [5.74, 6) is 0.588. The van der Waals surface area contributed by atoms with Crippen LogP contribution < -0.4 is 0 Å². The summed E-state index contributed by atoms with van der Waals surface area (Å²) in [5, 5.41) is 15.6. The van der Waals surface area contributed by atoms with Crippen LogP contribution in [0, 0.1) is 11.3 Å². The Labute approximate surface area is 114 Å². The molecule has 102 valence electrons. The van der Waals surface area contributed by atoms with Crippen LogP contribution in [0.1, 0.15) is 57.7 Å². The lowest BCUT2D eigenvalue weighted by Gasteiger charge is -2.36. The molecule has 4 heteroatoms. The van der Waals surface area contributed by atoms with Gasteiger partial charge in [-0.1, -0.05) is 38.3 Å². The number of aryl methyl sites for hydroxylation is 1. The standard InChI is InChI=1S/C14H23ClN2O/c1-10(2)8-14(6-4-5-7-14)13(18)12-11(15)9-16-17(12)3/h9-10,13,18H,4-8H2,1-3H3. The van der Waals surface area contributed by atoms with Crippen LogP contribution in [0.3, 0.4) is 0 Å². The van der Waals surface area contributed by atoms with Crippen molar-refractivity contribution >= 4 is 11.6 Å². The average molecular weight is 271 g/mol. The minimum atomic E-state index is -0.498. The second-order valence-corrected chi connectivity index (χ2v) is 6.48. The van der Waals surface area contributed by atoms with E-state index in [1.54, 1.807) is 10.9 Å². The van der Waals surface area contributed by atoms with Gasteiger partial charge in [-0.25, -0.2) is 0 Å². The van der Waals surface area contributed by atoms with Crippen molar-refractivity contribution in [2.24, 2.45) is 18.4 Å².